The average Bonchev–Trinajstić information content (AvgIpc) is 2.48. The number of carbonyl (C=O) groups is 1. The molecule has 0 aromatic heterocycles. The molecule has 13 heavy (non-hydrogen) atoms. The summed E-state index contributed by atoms with van der Waals surface area (Å²) in [6, 6.07) is -0.0603. The van der Waals surface area contributed by atoms with Crippen LogP contribution >= 0.6 is 0 Å². The number of amides is 1. The van der Waals surface area contributed by atoms with Crippen molar-refractivity contribution in [2.45, 2.75) is 26.0 Å². The van der Waals surface area contributed by atoms with Gasteiger partial charge >= 0.3 is 0 Å². The molecule has 1 aliphatic rings. The first-order valence-electron chi connectivity index (χ1n) is 4.69. The van der Waals surface area contributed by atoms with Crippen LogP contribution < -0.4 is 5.32 Å². The molecule has 0 aliphatic carbocycles. The standard InChI is InChI=1S/C9H18N2O2/c1-6(2)9(13)11(3)7-4-10-5-8(7)12/h6-8,10,12H,4-5H2,1-3H3. The van der Waals surface area contributed by atoms with E-state index < -0.39 is 6.10 Å². The van der Waals surface area contributed by atoms with Crippen LogP contribution in [0, 0.1) is 5.92 Å². The van der Waals surface area contributed by atoms with Gasteiger partial charge in [-0.25, -0.2) is 0 Å². The predicted molar refractivity (Wildman–Crippen MR) is 50.3 cm³/mol. The molecule has 0 bridgehead atoms. The zero-order chi connectivity index (χ0) is 10.0. The lowest BCUT2D eigenvalue weighted by Gasteiger charge is -2.27. The highest BCUT2D eigenvalue weighted by molar-refractivity contribution is 5.78. The molecule has 0 radical (unpaired) electrons. The van der Waals surface area contributed by atoms with Crippen molar-refractivity contribution < 1.29 is 9.90 Å². The number of rotatable bonds is 2. The Kier molecular flexibility index (Phi) is 3.27. The van der Waals surface area contributed by atoms with Gasteiger partial charge in [-0.2, -0.15) is 0 Å². The number of aliphatic hydroxyl groups is 1. The first-order chi connectivity index (χ1) is 6.04. The number of β-amino-alcohol motifs (C(OH)–C–C–N with tert-alkyl or cyclic N) is 1. The van der Waals surface area contributed by atoms with Gasteiger partial charge in [-0.05, 0) is 0 Å². The van der Waals surface area contributed by atoms with Crippen molar-refractivity contribution in [3.63, 3.8) is 0 Å². The average molecular weight is 186 g/mol. The van der Waals surface area contributed by atoms with Crippen molar-refractivity contribution in [1.29, 1.82) is 0 Å². The molecule has 2 atom stereocenters. The molecular weight excluding hydrogens is 168 g/mol. The molecule has 4 nitrogen and oxygen atoms in total. The minimum Gasteiger partial charge on any atom is -0.390 e. The summed E-state index contributed by atoms with van der Waals surface area (Å²) in [6.07, 6.45) is -0.423. The van der Waals surface area contributed by atoms with Crippen LogP contribution in [0.15, 0.2) is 0 Å². The minimum absolute atomic E-state index is 0.00204. The Morgan fingerprint density at radius 3 is 2.54 bits per heavy atom. The molecule has 2 N–H and O–H groups in total. The molecule has 1 rings (SSSR count). The molecule has 2 unspecified atom stereocenters. The van der Waals surface area contributed by atoms with Crippen LogP contribution in [0.4, 0.5) is 0 Å². The van der Waals surface area contributed by atoms with Crippen molar-refractivity contribution in [2.75, 3.05) is 20.1 Å². The monoisotopic (exact) mass is 186 g/mol. The van der Waals surface area contributed by atoms with Crippen LogP contribution in [0.3, 0.4) is 0 Å². The highest BCUT2D eigenvalue weighted by Crippen LogP contribution is 2.10. The molecule has 1 saturated heterocycles. The summed E-state index contributed by atoms with van der Waals surface area (Å²) in [6.45, 7) is 5.01. The van der Waals surface area contributed by atoms with Gasteiger partial charge in [0.05, 0.1) is 12.1 Å². The zero-order valence-electron chi connectivity index (χ0n) is 8.45. The number of carbonyl (C=O) groups excluding carboxylic acids is 1. The molecular formula is C9H18N2O2. The molecule has 0 aromatic carbocycles. The second-order valence-electron chi connectivity index (χ2n) is 3.90. The number of nitrogens with zero attached hydrogens (tertiary/aromatic N) is 1. The Labute approximate surface area is 78.9 Å². The summed E-state index contributed by atoms with van der Waals surface area (Å²) < 4.78 is 0. The summed E-state index contributed by atoms with van der Waals surface area (Å²) in [4.78, 5) is 13.2. The van der Waals surface area contributed by atoms with Crippen molar-refractivity contribution in [1.82, 2.24) is 10.2 Å². The Balaban J connectivity index is 2.56. The Bertz CT molecular complexity index is 194. The number of nitrogens with one attached hydrogen (secondary N) is 1. The van der Waals surface area contributed by atoms with Crippen LogP contribution in [-0.2, 0) is 4.79 Å². The van der Waals surface area contributed by atoms with Gasteiger partial charge < -0.3 is 15.3 Å². The Morgan fingerprint density at radius 2 is 2.15 bits per heavy atom. The predicted octanol–water partition coefficient (Wildman–Crippen LogP) is -0.566. The van der Waals surface area contributed by atoms with Crippen LogP contribution in [0.1, 0.15) is 13.8 Å². The third-order valence-corrected chi connectivity index (χ3v) is 2.49. The smallest absolute Gasteiger partial charge is 0.225 e. The first-order valence-corrected chi connectivity index (χ1v) is 4.69. The number of hydrogen-bond donors (Lipinski definition) is 2. The highest BCUT2D eigenvalue weighted by Gasteiger charge is 2.31. The summed E-state index contributed by atoms with van der Waals surface area (Å²) in [5, 5.41) is 12.6. The molecule has 1 amide bonds. The van der Waals surface area contributed by atoms with Gasteiger partial charge in [-0.3, -0.25) is 4.79 Å². The lowest BCUT2D eigenvalue weighted by Crippen LogP contribution is -2.45. The van der Waals surface area contributed by atoms with Crippen molar-refractivity contribution in [3.05, 3.63) is 0 Å². The quantitative estimate of drug-likeness (QED) is 0.607. The lowest BCUT2D eigenvalue weighted by molar-refractivity contribution is -0.136. The largest absolute Gasteiger partial charge is 0.390 e. The third-order valence-electron chi connectivity index (χ3n) is 2.49. The first kappa shape index (κ1) is 10.5. The fourth-order valence-corrected chi connectivity index (χ4v) is 1.62. The van der Waals surface area contributed by atoms with Gasteiger partial charge in [-0.1, -0.05) is 13.8 Å². The van der Waals surface area contributed by atoms with E-state index in [-0.39, 0.29) is 17.9 Å². The summed E-state index contributed by atoms with van der Waals surface area (Å²) in [7, 11) is 1.75. The Hall–Kier alpha value is -0.610. The zero-order valence-corrected chi connectivity index (χ0v) is 8.45. The molecule has 76 valence electrons. The van der Waals surface area contributed by atoms with Crippen LogP contribution in [-0.4, -0.2) is 48.2 Å². The van der Waals surface area contributed by atoms with E-state index in [9.17, 15) is 9.90 Å². The van der Waals surface area contributed by atoms with Crippen molar-refractivity contribution in [3.8, 4) is 0 Å². The van der Waals surface area contributed by atoms with Gasteiger partial charge in [0, 0.05) is 26.1 Å². The fraction of sp³-hybridized carbons (Fsp3) is 0.889. The third kappa shape index (κ3) is 2.19. The SMILES string of the molecule is CC(C)C(=O)N(C)C1CNCC1O. The van der Waals surface area contributed by atoms with Crippen molar-refractivity contribution >= 4 is 5.91 Å². The molecule has 0 aromatic rings. The number of hydrogen-bond acceptors (Lipinski definition) is 3. The number of aliphatic hydroxyl groups excluding tert-OH is 1. The minimum atomic E-state index is -0.423. The van der Waals surface area contributed by atoms with E-state index in [1.165, 1.54) is 0 Å². The van der Waals surface area contributed by atoms with Crippen molar-refractivity contribution in [2.24, 2.45) is 5.92 Å². The van der Waals surface area contributed by atoms with Gasteiger partial charge in [0.2, 0.25) is 5.91 Å². The van der Waals surface area contributed by atoms with E-state index >= 15 is 0 Å². The second kappa shape index (κ2) is 4.07. The van der Waals surface area contributed by atoms with Gasteiger partial charge in [0.15, 0.2) is 0 Å². The highest BCUT2D eigenvalue weighted by atomic mass is 16.3. The maximum absolute atomic E-state index is 11.6. The van der Waals surface area contributed by atoms with Crippen LogP contribution in [0.25, 0.3) is 0 Å². The maximum Gasteiger partial charge on any atom is 0.225 e. The van der Waals surface area contributed by atoms with Crippen LogP contribution in [0.5, 0.6) is 0 Å². The molecule has 0 spiro atoms. The summed E-state index contributed by atoms with van der Waals surface area (Å²) in [5.41, 5.74) is 0. The topological polar surface area (TPSA) is 52.6 Å². The summed E-state index contributed by atoms with van der Waals surface area (Å²) >= 11 is 0. The van der Waals surface area contributed by atoms with E-state index in [4.69, 9.17) is 0 Å². The van der Waals surface area contributed by atoms with E-state index in [2.05, 4.69) is 5.32 Å². The lowest BCUT2D eigenvalue weighted by atomic mass is 10.1. The fourth-order valence-electron chi connectivity index (χ4n) is 1.62. The van der Waals surface area contributed by atoms with Crippen LogP contribution in [0.2, 0.25) is 0 Å². The van der Waals surface area contributed by atoms with E-state index in [1.807, 2.05) is 13.8 Å². The normalized spacial score (nSPS) is 28.1. The second-order valence-corrected chi connectivity index (χ2v) is 3.90. The molecule has 1 aliphatic heterocycles. The Morgan fingerprint density at radius 1 is 1.54 bits per heavy atom. The van der Waals surface area contributed by atoms with E-state index in [1.54, 1.807) is 11.9 Å². The van der Waals surface area contributed by atoms with Gasteiger partial charge in [0.25, 0.3) is 0 Å². The summed E-state index contributed by atoms with van der Waals surface area (Å²) in [5.74, 6) is 0.0885. The van der Waals surface area contributed by atoms with Gasteiger partial charge in [-0.15, -0.1) is 0 Å². The van der Waals surface area contributed by atoms with E-state index in [0.29, 0.717) is 13.1 Å². The molecule has 0 saturated carbocycles. The molecule has 4 heteroatoms. The van der Waals surface area contributed by atoms with Gasteiger partial charge in [0.1, 0.15) is 0 Å². The molecule has 1 heterocycles. The maximum atomic E-state index is 11.6. The molecule has 1 fully saturated rings. The number of likely N-dealkylation sites (N-methyl/N-ethyl adjacent to an activating group) is 1. The van der Waals surface area contributed by atoms with E-state index in [0.717, 1.165) is 0 Å².